The van der Waals surface area contributed by atoms with Crippen molar-refractivity contribution >= 4 is 11.8 Å². The lowest BCUT2D eigenvalue weighted by Crippen LogP contribution is -2.47. The fraction of sp³-hybridized carbons (Fsp3) is 0.647. The first-order valence-corrected chi connectivity index (χ1v) is 9.08. The summed E-state index contributed by atoms with van der Waals surface area (Å²) >= 11 is 1.99. The predicted molar refractivity (Wildman–Crippen MR) is 88.1 cm³/mol. The van der Waals surface area contributed by atoms with Gasteiger partial charge < -0.3 is 14.8 Å². The highest BCUT2D eigenvalue weighted by atomic mass is 32.2. The van der Waals surface area contributed by atoms with Crippen molar-refractivity contribution in [2.75, 3.05) is 25.2 Å². The molecule has 2 heterocycles. The van der Waals surface area contributed by atoms with Crippen LogP contribution in [0.2, 0.25) is 0 Å². The third kappa shape index (κ3) is 3.42. The second-order valence-corrected chi connectivity index (χ2v) is 7.41. The van der Waals surface area contributed by atoms with Gasteiger partial charge >= 0.3 is 0 Å². The fourth-order valence-electron chi connectivity index (χ4n) is 3.44. The van der Waals surface area contributed by atoms with Crippen LogP contribution in [0.25, 0.3) is 0 Å². The zero-order valence-electron chi connectivity index (χ0n) is 13.2. The van der Waals surface area contributed by atoms with Gasteiger partial charge in [0.15, 0.2) is 11.6 Å². The molecule has 0 radical (unpaired) electrons. The molecule has 3 rings (SSSR count). The zero-order valence-corrected chi connectivity index (χ0v) is 14.0. The van der Waals surface area contributed by atoms with Crippen molar-refractivity contribution in [3.8, 4) is 5.75 Å². The van der Waals surface area contributed by atoms with Gasteiger partial charge in [0.2, 0.25) is 0 Å². The first-order chi connectivity index (χ1) is 10.6. The summed E-state index contributed by atoms with van der Waals surface area (Å²) in [4.78, 5) is 0. The molecule has 2 aliphatic rings. The Morgan fingerprint density at radius 1 is 1.50 bits per heavy atom. The standard InChI is InChI=1S/C17H24FNO2S/c1-12(13-3-4-16(20-2)15(18)9-13)19-14-5-7-21-17(10-14)6-8-22-11-17/h3-4,9,12,14,19H,5-8,10-11H2,1-2H3/t12-,14+,17-/m0/s1. The van der Waals surface area contributed by atoms with E-state index in [9.17, 15) is 4.39 Å². The molecule has 0 saturated carbocycles. The average Bonchev–Trinajstić information content (AvgIpc) is 2.95. The summed E-state index contributed by atoms with van der Waals surface area (Å²) in [5.74, 6) is 2.30. The molecule has 2 saturated heterocycles. The van der Waals surface area contributed by atoms with E-state index in [2.05, 4.69) is 12.2 Å². The van der Waals surface area contributed by atoms with Crippen LogP contribution in [0.15, 0.2) is 18.2 Å². The molecule has 5 heteroatoms. The maximum absolute atomic E-state index is 13.9. The van der Waals surface area contributed by atoms with Crippen LogP contribution in [0.4, 0.5) is 4.39 Å². The maximum atomic E-state index is 13.9. The molecule has 0 aliphatic carbocycles. The number of halogens is 1. The molecule has 3 atom stereocenters. The smallest absolute Gasteiger partial charge is 0.165 e. The Balaban J connectivity index is 1.63. The molecule has 1 spiro atoms. The lowest BCUT2D eigenvalue weighted by atomic mass is 9.89. The molecule has 1 aromatic rings. The minimum absolute atomic E-state index is 0.0749. The van der Waals surface area contributed by atoms with Crippen LogP contribution >= 0.6 is 11.8 Å². The number of ether oxygens (including phenoxy) is 2. The van der Waals surface area contributed by atoms with Gasteiger partial charge in [-0.1, -0.05) is 6.07 Å². The minimum atomic E-state index is -0.302. The van der Waals surface area contributed by atoms with E-state index in [0.29, 0.717) is 11.8 Å². The topological polar surface area (TPSA) is 30.5 Å². The summed E-state index contributed by atoms with van der Waals surface area (Å²) in [6.45, 7) is 2.91. The van der Waals surface area contributed by atoms with Crippen LogP contribution in [0, 0.1) is 5.82 Å². The second kappa shape index (κ2) is 6.77. The van der Waals surface area contributed by atoms with E-state index < -0.39 is 0 Å². The highest BCUT2D eigenvalue weighted by molar-refractivity contribution is 7.99. The summed E-state index contributed by atoms with van der Waals surface area (Å²) in [6.07, 6.45) is 3.24. The molecule has 122 valence electrons. The molecule has 2 fully saturated rings. The van der Waals surface area contributed by atoms with Gasteiger partial charge in [0.05, 0.1) is 12.7 Å². The predicted octanol–water partition coefficient (Wildman–Crippen LogP) is 3.54. The van der Waals surface area contributed by atoms with E-state index in [1.54, 1.807) is 12.1 Å². The molecule has 0 unspecified atom stereocenters. The summed E-state index contributed by atoms with van der Waals surface area (Å²) in [6, 6.07) is 5.75. The molecule has 1 aromatic carbocycles. The maximum Gasteiger partial charge on any atom is 0.165 e. The molecule has 3 nitrogen and oxygen atoms in total. The van der Waals surface area contributed by atoms with Crippen molar-refractivity contribution in [2.24, 2.45) is 0 Å². The zero-order chi connectivity index (χ0) is 15.6. The van der Waals surface area contributed by atoms with Crippen molar-refractivity contribution in [2.45, 2.75) is 43.9 Å². The van der Waals surface area contributed by atoms with Crippen LogP contribution in [-0.4, -0.2) is 36.9 Å². The van der Waals surface area contributed by atoms with Crippen LogP contribution < -0.4 is 10.1 Å². The summed E-state index contributed by atoms with van der Waals surface area (Å²) in [5, 5.41) is 3.65. The Bertz CT molecular complexity index is 519. The number of thioether (sulfide) groups is 1. The van der Waals surface area contributed by atoms with Gasteiger partial charge in [-0.2, -0.15) is 11.8 Å². The highest BCUT2D eigenvalue weighted by Gasteiger charge is 2.40. The Hall–Kier alpha value is -0.780. The van der Waals surface area contributed by atoms with Crippen molar-refractivity contribution < 1.29 is 13.9 Å². The van der Waals surface area contributed by atoms with Gasteiger partial charge in [-0.3, -0.25) is 0 Å². The van der Waals surface area contributed by atoms with E-state index in [4.69, 9.17) is 9.47 Å². The van der Waals surface area contributed by atoms with Gasteiger partial charge in [-0.05, 0) is 49.6 Å². The molecule has 22 heavy (non-hydrogen) atoms. The fourth-order valence-corrected chi connectivity index (χ4v) is 4.81. The van der Waals surface area contributed by atoms with Gasteiger partial charge in [-0.15, -0.1) is 0 Å². The van der Waals surface area contributed by atoms with Crippen LogP contribution in [-0.2, 0) is 4.74 Å². The lowest BCUT2D eigenvalue weighted by molar-refractivity contribution is -0.0711. The first-order valence-electron chi connectivity index (χ1n) is 7.93. The monoisotopic (exact) mass is 325 g/mol. The molecule has 2 aliphatic heterocycles. The quantitative estimate of drug-likeness (QED) is 0.917. The van der Waals surface area contributed by atoms with Crippen LogP contribution in [0.5, 0.6) is 5.75 Å². The Kier molecular flexibility index (Phi) is 4.95. The Morgan fingerprint density at radius 3 is 3.05 bits per heavy atom. The summed E-state index contributed by atoms with van der Waals surface area (Å²) < 4.78 is 24.9. The van der Waals surface area contributed by atoms with Crippen molar-refractivity contribution in [3.63, 3.8) is 0 Å². The molecule has 1 N–H and O–H groups in total. The van der Waals surface area contributed by atoms with Crippen LogP contribution in [0.1, 0.15) is 37.8 Å². The number of nitrogens with one attached hydrogen (secondary N) is 1. The molecule has 0 aromatic heterocycles. The summed E-state index contributed by atoms with van der Waals surface area (Å²) in [7, 11) is 1.49. The number of hydrogen-bond donors (Lipinski definition) is 1. The third-order valence-corrected chi connectivity index (χ3v) is 5.94. The lowest BCUT2D eigenvalue weighted by Gasteiger charge is -2.39. The van der Waals surface area contributed by atoms with Crippen molar-refractivity contribution in [3.05, 3.63) is 29.6 Å². The first kappa shape index (κ1) is 16.1. The van der Waals surface area contributed by atoms with E-state index in [1.165, 1.54) is 12.9 Å². The Morgan fingerprint density at radius 2 is 2.36 bits per heavy atom. The normalized spacial score (nSPS) is 29.7. The van der Waals surface area contributed by atoms with Crippen molar-refractivity contribution in [1.82, 2.24) is 5.32 Å². The van der Waals surface area contributed by atoms with Crippen molar-refractivity contribution in [1.29, 1.82) is 0 Å². The number of methoxy groups -OCH3 is 1. The Labute approximate surface area is 135 Å². The van der Waals surface area contributed by atoms with Gasteiger partial charge in [-0.25, -0.2) is 4.39 Å². The molecule has 0 amide bonds. The number of hydrogen-bond acceptors (Lipinski definition) is 4. The third-order valence-electron chi connectivity index (χ3n) is 4.72. The number of rotatable bonds is 4. The van der Waals surface area contributed by atoms with Gasteiger partial charge in [0.1, 0.15) is 0 Å². The number of benzene rings is 1. The highest BCUT2D eigenvalue weighted by Crippen LogP contribution is 2.38. The van der Waals surface area contributed by atoms with E-state index in [1.807, 2.05) is 17.8 Å². The molecular weight excluding hydrogens is 301 g/mol. The summed E-state index contributed by atoms with van der Waals surface area (Å²) in [5.41, 5.74) is 1.03. The largest absolute Gasteiger partial charge is 0.494 e. The molecule has 0 bridgehead atoms. The van der Waals surface area contributed by atoms with E-state index >= 15 is 0 Å². The van der Waals surface area contributed by atoms with Crippen LogP contribution in [0.3, 0.4) is 0 Å². The molecular formula is C17H24FNO2S. The van der Waals surface area contributed by atoms with Gasteiger partial charge in [0.25, 0.3) is 0 Å². The van der Waals surface area contributed by atoms with Gasteiger partial charge in [0, 0.05) is 24.4 Å². The SMILES string of the molecule is COc1ccc([C@H](C)N[C@@H]2CCO[C@@]3(CCSC3)C2)cc1F. The second-order valence-electron chi connectivity index (χ2n) is 6.31. The minimum Gasteiger partial charge on any atom is -0.494 e. The van der Waals surface area contributed by atoms with E-state index in [0.717, 1.165) is 37.2 Å². The van der Waals surface area contributed by atoms with E-state index in [-0.39, 0.29) is 17.5 Å². The average molecular weight is 325 g/mol.